The van der Waals surface area contributed by atoms with Gasteiger partial charge in [0.05, 0.1) is 5.69 Å². The van der Waals surface area contributed by atoms with Gasteiger partial charge < -0.3 is 19.5 Å². The van der Waals surface area contributed by atoms with Gasteiger partial charge in [-0.3, -0.25) is 0 Å². The van der Waals surface area contributed by atoms with E-state index in [1.165, 1.54) is 12.8 Å². The van der Waals surface area contributed by atoms with Crippen molar-refractivity contribution < 1.29 is 4.74 Å². The van der Waals surface area contributed by atoms with Crippen LogP contribution in [0.2, 0.25) is 0 Å². The number of hydrogen-bond donors (Lipinski definition) is 1. The van der Waals surface area contributed by atoms with Crippen molar-refractivity contribution in [2.24, 2.45) is 0 Å². The summed E-state index contributed by atoms with van der Waals surface area (Å²) in [5.41, 5.74) is 1.07. The van der Waals surface area contributed by atoms with Crippen LogP contribution in [0.15, 0.2) is 6.20 Å². The third-order valence-corrected chi connectivity index (χ3v) is 4.19. The number of aromatic nitrogens is 2. The van der Waals surface area contributed by atoms with Crippen LogP contribution in [0.1, 0.15) is 31.9 Å². The van der Waals surface area contributed by atoms with Crippen LogP contribution in [0.4, 0.5) is 5.95 Å². The normalized spacial score (nSPS) is 24.0. The number of methoxy groups -OCH3 is 1. The zero-order valence-electron chi connectivity index (χ0n) is 13.2. The molecule has 114 valence electrons. The number of ether oxygens (including phenoxy) is 1. The van der Waals surface area contributed by atoms with E-state index in [4.69, 9.17) is 4.74 Å². The van der Waals surface area contributed by atoms with Gasteiger partial charge in [-0.2, -0.15) is 0 Å². The molecule has 1 N–H and O–H groups in total. The third-order valence-electron chi connectivity index (χ3n) is 4.19. The Bertz CT molecular complexity index is 418. The van der Waals surface area contributed by atoms with Crippen molar-refractivity contribution >= 4 is 5.95 Å². The predicted molar refractivity (Wildman–Crippen MR) is 82.2 cm³/mol. The Hall–Kier alpha value is -1.07. The van der Waals surface area contributed by atoms with Crippen molar-refractivity contribution in [3.8, 4) is 0 Å². The Balaban J connectivity index is 1.94. The third kappa shape index (κ3) is 3.96. The molecule has 0 bridgehead atoms. The van der Waals surface area contributed by atoms with Crippen molar-refractivity contribution in [2.75, 3.05) is 32.6 Å². The van der Waals surface area contributed by atoms with E-state index in [9.17, 15) is 0 Å². The zero-order valence-corrected chi connectivity index (χ0v) is 13.2. The molecule has 1 aliphatic heterocycles. The Morgan fingerprint density at radius 2 is 2.30 bits per heavy atom. The largest absolute Gasteiger partial charge is 0.385 e. The molecule has 2 atom stereocenters. The van der Waals surface area contributed by atoms with Gasteiger partial charge in [0, 0.05) is 45.1 Å². The maximum atomic E-state index is 5.13. The summed E-state index contributed by atoms with van der Waals surface area (Å²) in [5, 5.41) is 3.63. The molecule has 5 nitrogen and oxygen atoms in total. The summed E-state index contributed by atoms with van der Waals surface area (Å²) in [6.07, 6.45) is 5.51. The number of anilines is 1. The molecular weight excluding hydrogens is 252 g/mol. The highest BCUT2D eigenvalue weighted by molar-refractivity contribution is 5.30. The molecule has 0 saturated carbocycles. The van der Waals surface area contributed by atoms with Gasteiger partial charge in [-0.1, -0.05) is 0 Å². The summed E-state index contributed by atoms with van der Waals surface area (Å²) in [4.78, 5) is 7.05. The molecule has 5 heteroatoms. The first-order valence-electron chi connectivity index (χ1n) is 7.59. The molecule has 2 heterocycles. The summed E-state index contributed by atoms with van der Waals surface area (Å²) in [7, 11) is 3.95. The number of nitrogens with one attached hydrogen (secondary N) is 1. The minimum absolute atomic E-state index is 0.532. The van der Waals surface area contributed by atoms with Crippen molar-refractivity contribution in [3.05, 3.63) is 11.9 Å². The van der Waals surface area contributed by atoms with E-state index >= 15 is 0 Å². The highest BCUT2D eigenvalue weighted by Crippen LogP contribution is 2.20. The maximum Gasteiger partial charge on any atom is 0.203 e. The van der Waals surface area contributed by atoms with Crippen LogP contribution >= 0.6 is 0 Å². The smallest absolute Gasteiger partial charge is 0.203 e. The molecule has 2 rings (SSSR count). The average Bonchev–Trinajstić information content (AvgIpc) is 2.74. The monoisotopic (exact) mass is 280 g/mol. The first-order chi connectivity index (χ1) is 9.60. The predicted octanol–water partition coefficient (Wildman–Crippen LogP) is 2.12. The number of aryl methyl sites for hydroxylation is 2. The summed E-state index contributed by atoms with van der Waals surface area (Å²) in [5.74, 6) is 1.01. The van der Waals surface area contributed by atoms with E-state index in [1.54, 1.807) is 7.11 Å². The van der Waals surface area contributed by atoms with Crippen molar-refractivity contribution in [1.82, 2.24) is 14.5 Å². The van der Waals surface area contributed by atoms with Gasteiger partial charge in [-0.05, 0) is 40.2 Å². The Labute approximate surface area is 122 Å². The standard InChI is InChI=1S/C15H28N4O/c1-12-11-19(7-5-9-20-4)15(16-12)17-14-6-8-18(3)13(2)10-14/h11,13-14H,5-10H2,1-4H3,(H,16,17). The molecule has 0 aromatic carbocycles. The quantitative estimate of drug-likeness (QED) is 0.811. The topological polar surface area (TPSA) is 42.3 Å². The van der Waals surface area contributed by atoms with Crippen molar-refractivity contribution in [2.45, 2.75) is 51.7 Å². The second-order valence-corrected chi connectivity index (χ2v) is 5.94. The molecule has 1 fully saturated rings. The van der Waals surface area contributed by atoms with Gasteiger partial charge in [0.2, 0.25) is 5.95 Å². The molecule has 0 aliphatic carbocycles. The Morgan fingerprint density at radius 3 is 3.00 bits per heavy atom. The molecule has 20 heavy (non-hydrogen) atoms. The molecule has 0 spiro atoms. The number of nitrogens with zero attached hydrogens (tertiary/aromatic N) is 3. The maximum absolute atomic E-state index is 5.13. The van der Waals surface area contributed by atoms with E-state index in [-0.39, 0.29) is 0 Å². The van der Waals surface area contributed by atoms with Crippen LogP contribution < -0.4 is 5.32 Å². The second-order valence-electron chi connectivity index (χ2n) is 5.94. The molecular formula is C15H28N4O. The van der Waals surface area contributed by atoms with Gasteiger partial charge >= 0.3 is 0 Å². The number of imidazole rings is 1. The Kier molecular flexibility index (Phi) is 5.43. The van der Waals surface area contributed by atoms with Crippen LogP contribution in [0.3, 0.4) is 0 Å². The van der Waals surface area contributed by atoms with Gasteiger partial charge in [0.15, 0.2) is 0 Å². The lowest BCUT2D eigenvalue weighted by Crippen LogP contribution is -2.43. The molecule has 1 saturated heterocycles. The van der Waals surface area contributed by atoms with Crippen molar-refractivity contribution in [1.29, 1.82) is 0 Å². The fourth-order valence-electron chi connectivity index (χ4n) is 2.81. The average molecular weight is 280 g/mol. The zero-order chi connectivity index (χ0) is 14.5. The van der Waals surface area contributed by atoms with E-state index in [1.807, 2.05) is 0 Å². The molecule has 0 radical (unpaired) electrons. The fraction of sp³-hybridized carbons (Fsp3) is 0.800. The fourth-order valence-corrected chi connectivity index (χ4v) is 2.81. The van der Waals surface area contributed by atoms with Gasteiger partial charge in [0.25, 0.3) is 0 Å². The molecule has 1 aromatic heterocycles. The van der Waals surface area contributed by atoms with Crippen LogP contribution in [-0.4, -0.2) is 53.8 Å². The lowest BCUT2D eigenvalue weighted by molar-refractivity contribution is 0.188. The number of hydrogen-bond acceptors (Lipinski definition) is 4. The van der Waals surface area contributed by atoms with Crippen LogP contribution in [0.5, 0.6) is 0 Å². The van der Waals surface area contributed by atoms with Gasteiger partial charge in [-0.15, -0.1) is 0 Å². The van der Waals surface area contributed by atoms with E-state index in [0.29, 0.717) is 12.1 Å². The van der Waals surface area contributed by atoms with E-state index < -0.39 is 0 Å². The highest BCUT2D eigenvalue weighted by atomic mass is 16.5. The first kappa shape index (κ1) is 15.3. The minimum atomic E-state index is 0.532. The summed E-state index contributed by atoms with van der Waals surface area (Å²) in [6.45, 7) is 7.25. The minimum Gasteiger partial charge on any atom is -0.385 e. The second kappa shape index (κ2) is 7.09. The lowest BCUT2D eigenvalue weighted by Gasteiger charge is -2.35. The SMILES string of the molecule is COCCCn1cc(C)nc1NC1CCN(C)C(C)C1. The van der Waals surface area contributed by atoms with Crippen LogP contribution in [0, 0.1) is 6.92 Å². The first-order valence-corrected chi connectivity index (χ1v) is 7.59. The van der Waals surface area contributed by atoms with Crippen LogP contribution in [-0.2, 0) is 11.3 Å². The number of rotatable bonds is 6. The highest BCUT2D eigenvalue weighted by Gasteiger charge is 2.23. The molecule has 1 aliphatic rings. The number of piperidine rings is 1. The molecule has 0 amide bonds. The summed E-state index contributed by atoms with van der Waals surface area (Å²) >= 11 is 0. The summed E-state index contributed by atoms with van der Waals surface area (Å²) < 4.78 is 7.35. The lowest BCUT2D eigenvalue weighted by atomic mass is 9.99. The molecule has 1 aromatic rings. The summed E-state index contributed by atoms with van der Waals surface area (Å²) in [6, 6.07) is 1.17. The van der Waals surface area contributed by atoms with Crippen molar-refractivity contribution in [3.63, 3.8) is 0 Å². The van der Waals surface area contributed by atoms with Gasteiger partial charge in [-0.25, -0.2) is 4.98 Å². The molecule has 2 unspecified atom stereocenters. The Morgan fingerprint density at radius 1 is 1.50 bits per heavy atom. The van der Waals surface area contributed by atoms with Gasteiger partial charge in [0.1, 0.15) is 0 Å². The van der Waals surface area contributed by atoms with E-state index in [0.717, 1.165) is 37.8 Å². The number of likely N-dealkylation sites (tertiary alicyclic amines) is 1. The van der Waals surface area contributed by atoms with E-state index in [2.05, 4.69) is 46.9 Å². The van der Waals surface area contributed by atoms with Crippen LogP contribution in [0.25, 0.3) is 0 Å².